The Morgan fingerprint density at radius 1 is 0.385 bits per heavy atom. The highest BCUT2D eigenvalue weighted by Crippen LogP contribution is 2.46. The summed E-state index contributed by atoms with van der Waals surface area (Å²) in [6.45, 7) is 0. The SMILES string of the molecule is c1ccc(-n2c3ccccc3c3ccc4c5ccccc5n(-c5ccc6sc7c(-c8cccc9oc%10ccccc%10c89)cccc7c6c5)c4c32)cc1. The van der Waals surface area contributed by atoms with Crippen molar-refractivity contribution < 1.29 is 4.42 Å². The van der Waals surface area contributed by atoms with E-state index < -0.39 is 0 Å². The fourth-order valence-electron chi connectivity index (χ4n) is 8.75. The molecule has 0 unspecified atom stereocenters. The van der Waals surface area contributed by atoms with E-state index in [2.05, 4.69) is 173 Å². The molecular formula is C48H28N2OS. The summed E-state index contributed by atoms with van der Waals surface area (Å²) >= 11 is 1.87. The van der Waals surface area contributed by atoms with Gasteiger partial charge in [0.25, 0.3) is 0 Å². The first-order chi connectivity index (χ1) is 25.8. The first-order valence-electron chi connectivity index (χ1n) is 17.7. The molecule has 12 aromatic rings. The molecule has 0 fully saturated rings. The van der Waals surface area contributed by atoms with Crippen molar-refractivity contribution in [2.75, 3.05) is 0 Å². The van der Waals surface area contributed by atoms with Gasteiger partial charge < -0.3 is 13.6 Å². The third-order valence-electron chi connectivity index (χ3n) is 10.9. The number of fused-ring (bicyclic) bond motifs is 13. The van der Waals surface area contributed by atoms with Gasteiger partial charge in [0.05, 0.1) is 22.1 Å². The molecule has 0 aliphatic heterocycles. The molecule has 4 heterocycles. The lowest BCUT2D eigenvalue weighted by molar-refractivity contribution is 0.669. The fourth-order valence-corrected chi connectivity index (χ4v) is 9.96. The summed E-state index contributed by atoms with van der Waals surface area (Å²) in [6.07, 6.45) is 0. The Balaban J connectivity index is 1.17. The van der Waals surface area contributed by atoms with Gasteiger partial charge in [-0.05, 0) is 60.2 Å². The minimum absolute atomic E-state index is 0.921. The van der Waals surface area contributed by atoms with E-state index in [0.717, 1.165) is 27.9 Å². The van der Waals surface area contributed by atoms with E-state index in [-0.39, 0.29) is 0 Å². The van der Waals surface area contributed by atoms with E-state index in [1.54, 1.807) is 0 Å². The quantitative estimate of drug-likeness (QED) is 0.182. The molecule has 8 aromatic carbocycles. The molecular weight excluding hydrogens is 653 g/mol. The lowest BCUT2D eigenvalue weighted by Crippen LogP contribution is -1.98. The molecule has 12 rings (SSSR count). The van der Waals surface area contributed by atoms with Crippen LogP contribution in [0.25, 0.3) is 108 Å². The van der Waals surface area contributed by atoms with Crippen LogP contribution in [0.15, 0.2) is 174 Å². The molecule has 0 saturated heterocycles. The van der Waals surface area contributed by atoms with Crippen molar-refractivity contribution in [1.29, 1.82) is 0 Å². The van der Waals surface area contributed by atoms with Crippen LogP contribution in [0.2, 0.25) is 0 Å². The molecule has 3 nitrogen and oxygen atoms in total. The second kappa shape index (κ2) is 10.5. The minimum Gasteiger partial charge on any atom is -0.456 e. The van der Waals surface area contributed by atoms with Crippen LogP contribution in [0.3, 0.4) is 0 Å². The van der Waals surface area contributed by atoms with Gasteiger partial charge in [0, 0.05) is 69.4 Å². The van der Waals surface area contributed by atoms with E-state index in [1.807, 2.05) is 17.4 Å². The number of hydrogen-bond acceptors (Lipinski definition) is 2. The number of furan rings is 1. The van der Waals surface area contributed by atoms with Crippen molar-refractivity contribution >= 4 is 97.1 Å². The number of nitrogens with zero attached hydrogens (tertiary/aromatic N) is 2. The Morgan fingerprint density at radius 3 is 1.75 bits per heavy atom. The number of hydrogen-bond donors (Lipinski definition) is 0. The Labute approximate surface area is 301 Å². The normalized spacial score (nSPS) is 12.2. The maximum Gasteiger partial charge on any atom is 0.136 e. The van der Waals surface area contributed by atoms with Gasteiger partial charge in [-0.1, -0.05) is 115 Å². The third-order valence-corrected chi connectivity index (χ3v) is 12.1. The minimum atomic E-state index is 0.921. The van der Waals surface area contributed by atoms with Crippen molar-refractivity contribution in [3.8, 4) is 22.5 Å². The Bertz CT molecular complexity index is 3410. The van der Waals surface area contributed by atoms with Crippen LogP contribution in [0.5, 0.6) is 0 Å². The molecule has 0 aliphatic rings. The average Bonchev–Trinajstić information content (AvgIpc) is 3.95. The van der Waals surface area contributed by atoms with Gasteiger partial charge in [-0.25, -0.2) is 0 Å². The van der Waals surface area contributed by atoms with Crippen molar-refractivity contribution in [3.05, 3.63) is 170 Å². The monoisotopic (exact) mass is 680 g/mol. The second-order valence-electron chi connectivity index (χ2n) is 13.6. The zero-order valence-electron chi connectivity index (χ0n) is 27.9. The first-order valence-corrected chi connectivity index (χ1v) is 18.5. The van der Waals surface area contributed by atoms with Crippen LogP contribution in [-0.4, -0.2) is 9.13 Å². The van der Waals surface area contributed by atoms with Gasteiger partial charge in [-0.15, -0.1) is 11.3 Å². The average molecular weight is 681 g/mol. The predicted octanol–water partition coefficient (Wildman–Crippen LogP) is 13.8. The number of rotatable bonds is 3. The number of aromatic nitrogens is 2. The van der Waals surface area contributed by atoms with E-state index >= 15 is 0 Å². The van der Waals surface area contributed by atoms with Gasteiger partial charge in [0.15, 0.2) is 0 Å². The van der Waals surface area contributed by atoms with E-state index in [9.17, 15) is 0 Å². The highest BCUT2D eigenvalue weighted by Gasteiger charge is 2.22. The van der Waals surface area contributed by atoms with Gasteiger partial charge >= 0.3 is 0 Å². The van der Waals surface area contributed by atoms with Crippen LogP contribution >= 0.6 is 11.3 Å². The van der Waals surface area contributed by atoms with Crippen molar-refractivity contribution in [1.82, 2.24) is 9.13 Å². The second-order valence-corrected chi connectivity index (χ2v) is 14.7. The zero-order chi connectivity index (χ0) is 33.9. The number of benzene rings is 8. The molecule has 0 N–H and O–H groups in total. The molecule has 0 aliphatic carbocycles. The maximum atomic E-state index is 6.30. The van der Waals surface area contributed by atoms with Crippen molar-refractivity contribution in [3.63, 3.8) is 0 Å². The molecule has 0 bridgehead atoms. The Hall–Kier alpha value is -6.62. The maximum absolute atomic E-state index is 6.30. The Kier molecular flexibility index (Phi) is 5.65. The predicted molar refractivity (Wildman–Crippen MR) is 221 cm³/mol. The molecule has 0 radical (unpaired) electrons. The number of thiophene rings is 1. The molecule has 242 valence electrons. The summed E-state index contributed by atoms with van der Waals surface area (Å²) in [7, 11) is 0. The van der Waals surface area contributed by atoms with Gasteiger partial charge in [0.2, 0.25) is 0 Å². The standard InChI is InChI=1S/C48H28N2OS/c1-2-12-29(13-3-1)49-40-20-7-4-14-31(40)34-25-26-35-32-15-5-8-21-41(32)50(47(35)46(34)49)30-24-27-44-39(28-30)37-19-10-18-36(48(37)52-44)33-17-11-23-43-45(33)38-16-6-9-22-42(38)51-43/h1-28H. The number of para-hydroxylation sites is 4. The topological polar surface area (TPSA) is 23.0 Å². The molecule has 0 amide bonds. The summed E-state index contributed by atoms with van der Waals surface area (Å²) in [5.41, 5.74) is 11.5. The lowest BCUT2D eigenvalue weighted by atomic mass is 9.98. The molecule has 4 aromatic heterocycles. The summed E-state index contributed by atoms with van der Waals surface area (Å²) < 4.78 is 13.8. The molecule has 0 spiro atoms. The summed E-state index contributed by atoms with van der Waals surface area (Å²) in [5.74, 6) is 0. The molecule has 0 saturated carbocycles. The van der Waals surface area contributed by atoms with E-state index in [4.69, 9.17) is 4.42 Å². The summed E-state index contributed by atoms with van der Waals surface area (Å²) in [5, 5.41) is 9.88. The first kappa shape index (κ1) is 28.1. The fraction of sp³-hybridized carbons (Fsp3) is 0. The van der Waals surface area contributed by atoms with Gasteiger partial charge in [0.1, 0.15) is 11.2 Å². The van der Waals surface area contributed by atoms with Crippen molar-refractivity contribution in [2.24, 2.45) is 0 Å². The smallest absolute Gasteiger partial charge is 0.136 e. The largest absolute Gasteiger partial charge is 0.456 e. The highest BCUT2D eigenvalue weighted by atomic mass is 32.1. The molecule has 4 heteroatoms. The zero-order valence-corrected chi connectivity index (χ0v) is 28.7. The van der Waals surface area contributed by atoms with E-state index in [1.165, 1.54) is 80.3 Å². The summed E-state index contributed by atoms with van der Waals surface area (Å²) in [6, 6.07) is 61.6. The van der Waals surface area contributed by atoms with Crippen LogP contribution in [0, 0.1) is 0 Å². The van der Waals surface area contributed by atoms with Crippen LogP contribution in [-0.2, 0) is 0 Å². The lowest BCUT2D eigenvalue weighted by Gasteiger charge is -2.12. The van der Waals surface area contributed by atoms with Crippen LogP contribution in [0.1, 0.15) is 0 Å². The van der Waals surface area contributed by atoms with Crippen molar-refractivity contribution in [2.45, 2.75) is 0 Å². The molecule has 52 heavy (non-hydrogen) atoms. The van der Waals surface area contributed by atoms with Crippen LogP contribution < -0.4 is 0 Å². The van der Waals surface area contributed by atoms with Gasteiger partial charge in [-0.3, -0.25) is 0 Å². The molecule has 0 atom stereocenters. The highest BCUT2D eigenvalue weighted by molar-refractivity contribution is 7.26. The Morgan fingerprint density at radius 2 is 0.981 bits per heavy atom. The van der Waals surface area contributed by atoms with E-state index in [0.29, 0.717) is 0 Å². The van der Waals surface area contributed by atoms with Gasteiger partial charge in [-0.2, -0.15) is 0 Å². The van der Waals surface area contributed by atoms with Crippen LogP contribution in [0.4, 0.5) is 0 Å². The summed E-state index contributed by atoms with van der Waals surface area (Å²) in [4.78, 5) is 0. The third kappa shape index (κ3) is 3.74.